The number of amides is 1. The molecule has 1 N–H and O–H groups in total. The molecule has 0 aromatic heterocycles. The largest absolute Gasteiger partial charge is 0.339 e. The molecule has 1 aliphatic rings. The Morgan fingerprint density at radius 1 is 1.50 bits per heavy atom. The third kappa shape index (κ3) is 5.28. The lowest BCUT2D eigenvalue weighted by molar-refractivity contribution is -0.129. The van der Waals surface area contributed by atoms with E-state index in [1.165, 1.54) is 0 Å². The Morgan fingerprint density at radius 2 is 2.17 bits per heavy atom. The van der Waals surface area contributed by atoms with Crippen LogP contribution in [0.5, 0.6) is 0 Å². The van der Waals surface area contributed by atoms with Gasteiger partial charge in [0.15, 0.2) is 0 Å². The van der Waals surface area contributed by atoms with Gasteiger partial charge in [-0.1, -0.05) is 0 Å². The molecule has 18 heavy (non-hydrogen) atoms. The molecular formula is C13H23N3OS. The van der Waals surface area contributed by atoms with Crippen molar-refractivity contribution >= 4 is 17.7 Å². The van der Waals surface area contributed by atoms with E-state index in [4.69, 9.17) is 5.26 Å². The van der Waals surface area contributed by atoms with Crippen LogP contribution in [0.1, 0.15) is 33.1 Å². The van der Waals surface area contributed by atoms with Gasteiger partial charge >= 0.3 is 0 Å². The number of hydrogen-bond donors (Lipinski definition) is 1. The highest BCUT2D eigenvalue weighted by Crippen LogP contribution is 2.20. The minimum absolute atomic E-state index is 0.170. The van der Waals surface area contributed by atoms with Crippen molar-refractivity contribution < 1.29 is 4.79 Å². The normalized spacial score (nSPS) is 16.6. The van der Waals surface area contributed by atoms with Crippen LogP contribution in [-0.4, -0.2) is 47.5 Å². The molecule has 0 aromatic carbocycles. The van der Waals surface area contributed by atoms with Crippen LogP contribution < -0.4 is 5.32 Å². The zero-order valence-electron chi connectivity index (χ0n) is 11.3. The molecule has 0 aromatic rings. The van der Waals surface area contributed by atoms with Crippen molar-refractivity contribution in [1.82, 2.24) is 10.2 Å². The molecule has 4 nitrogen and oxygen atoms in total. The summed E-state index contributed by atoms with van der Waals surface area (Å²) in [7, 11) is 0. The molecular weight excluding hydrogens is 246 g/mol. The number of piperidine rings is 1. The van der Waals surface area contributed by atoms with E-state index in [0.29, 0.717) is 24.0 Å². The Hall–Kier alpha value is -0.730. The molecule has 0 bridgehead atoms. The second kappa shape index (κ2) is 8.39. The van der Waals surface area contributed by atoms with E-state index in [2.05, 4.69) is 11.4 Å². The van der Waals surface area contributed by atoms with Gasteiger partial charge in [-0.05, 0) is 39.8 Å². The van der Waals surface area contributed by atoms with Crippen molar-refractivity contribution in [2.75, 3.05) is 25.4 Å². The average Bonchev–Trinajstić information content (AvgIpc) is 2.37. The first-order valence-corrected chi connectivity index (χ1v) is 7.68. The van der Waals surface area contributed by atoms with Crippen LogP contribution in [0.2, 0.25) is 0 Å². The molecule has 102 valence electrons. The fraction of sp³-hybridized carbons (Fsp3) is 0.846. The Bertz CT molecular complexity index is 295. The fourth-order valence-corrected chi connectivity index (χ4v) is 3.19. The molecule has 1 aliphatic heterocycles. The van der Waals surface area contributed by atoms with E-state index in [9.17, 15) is 4.79 Å². The summed E-state index contributed by atoms with van der Waals surface area (Å²) < 4.78 is 0. The van der Waals surface area contributed by atoms with Crippen molar-refractivity contribution in [3.63, 3.8) is 0 Å². The predicted molar refractivity (Wildman–Crippen MR) is 75.4 cm³/mol. The average molecular weight is 269 g/mol. The van der Waals surface area contributed by atoms with Gasteiger partial charge in [0, 0.05) is 17.8 Å². The molecule has 1 fully saturated rings. The Labute approximate surface area is 114 Å². The summed E-state index contributed by atoms with van der Waals surface area (Å²) >= 11 is 1.77. The summed E-state index contributed by atoms with van der Waals surface area (Å²) in [6, 6.07) is 2.28. The minimum atomic E-state index is 0.170. The summed E-state index contributed by atoms with van der Waals surface area (Å²) in [5.74, 6) is 0.720. The monoisotopic (exact) mass is 269 g/mol. The summed E-state index contributed by atoms with van der Waals surface area (Å²) in [5, 5.41) is 12.6. The van der Waals surface area contributed by atoms with E-state index in [-0.39, 0.29) is 11.9 Å². The molecule has 1 heterocycles. The van der Waals surface area contributed by atoms with Crippen LogP contribution in [0.15, 0.2) is 0 Å². The zero-order valence-corrected chi connectivity index (χ0v) is 12.1. The molecule has 0 spiro atoms. The number of carbonyl (C=O) groups excluding carboxylic acids is 1. The van der Waals surface area contributed by atoms with E-state index < -0.39 is 0 Å². The summed E-state index contributed by atoms with van der Waals surface area (Å²) in [4.78, 5) is 13.9. The molecule has 1 rings (SSSR count). The maximum absolute atomic E-state index is 12.1. The topological polar surface area (TPSA) is 56.1 Å². The van der Waals surface area contributed by atoms with Gasteiger partial charge in [-0.3, -0.25) is 4.79 Å². The Balaban J connectivity index is 2.33. The summed E-state index contributed by atoms with van der Waals surface area (Å²) in [5.41, 5.74) is 0. The summed E-state index contributed by atoms with van der Waals surface area (Å²) in [6.07, 6.45) is 2.72. The van der Waals surface area contributed by atoms with Gasteiger partial charge in [-0.15, -0.1) is 11.8 Å². The Morgan fingerprint density at radius 3 is 2.72 bits per heavy atom. The lowest BCUT2D eigenvalue weighted by Crippen LogP contribution is -2.39. The number of hydrogen-bond acceptors (Lipinski definition) is 4. The van der Waals surface area contributed by atoms with Crippen molar-refractivity contribution in [3.8, 4) is 6.07 Å². The molecule has 0 unspecified atom stereocenters. The molecule has 1 amide bonds. The molecule has 0 atom stereocenters. The predicted octanol–water partition coefficient (Wildman–Crippen LogP) is 1.62. The number of thioether (sulfide) groups is 1. The van der Waals surface area contributed by atoms with E-state index in [1.807, 2.05) is 18.7 Å². The maximum Gasteiger partial charge on any atom is 0.232 e. The van der Waals surface area contributed by atoms with Crippen LogP contribution in [0.25, 0.3) is 0 Å². The third-order valence-electron chi connectivity index (χ3n) is 3.14. The van der Waals surface area contributed by atoms with Crippen LogP contribution in [0.3, 0.4) is 0 Å². The van der Waals surface area contributed by atoms with Gasteiger partial charge in [0.05, 0.1) is 18.2 Å². The quantitative estimate of drug-likeness (QED) is 0.796. The molecule has 1 saturated heterocycles. The second-order valence-corrected chi connectivity index (χ2v) is 6.14. The minimum Gasteiger partial charge on any atom is -0.339 e. The lowest BCUT2D eigenvalue weighted by atomic mass is 10.2. The van der Waals surface area contributed by atoms with Crippen molar-refractivity contribution in [2.45, 2.75) is 44.4 Å². The highest BCUT2D eigenvalue weighted by molar-refractivity contribution is 8.00. The molecule has 0 radical (unpaired) electrons. The standard InChI is InChI=1S/C13H23N3OS/c1-11(2)16(9-3-6-14)13(17)10-18-12-4-7-15-8-5-12/h11-12,15H,3-5,7-10H2,1-2H3. The van der Waals surface area contributed by atoms with Crippen LogP contribution in [0.4, 0.5) is 0 Å². The SMILES string of the molecule is CC(C)N(CCC#N)C(=O)CSC1CCNCC1. The van der Waals surface area contributed by atoms with E-state index >= 15 is 0 Å². The zero-order chi connectivity index (χ0) is 13.4. The smallest absolute Gasteiger partial charge is 0.232 e. The number of nitrogens with one attached hydrogen (secondary N) is 1. The van der Waals surface area contributed by atoms with Crippen molar-refractivity contribution in [2.24, 2.45) is 0 Å². The highest BCUT2D eigenvalue weighted by Gasteiger charge is 2.19. The fourth-order valence-electron chi connectivity index (χ4n) is 2.08. The van der Waals surface area contributed by atoms with Crippen LogP contribution >= 0.6 is 11.8 Å². The van der Waals surface area contributed by atoms with E-state index in [1.54, 1.807) is 11.8 Å². The second-order valence-electron chi connectivity index (χ2n) is 4.85. The van der Waals surface area contributed by atoms with Gasteiger partial charge < -0.3 is 10.2 Å². The first-order valence-electron chi connectivity index (χ1n) is 6.64. The molecule has 5 heteroatoms. The molecule has 0 aliphatic carbocycles. The first-order chi connectivity index (χ1) is 8.65. The first kappa shape index (κ1) is 15.3. The third-order valence-corrected chi connectivity index (χ3v) is 4.49. The van der Waals surface area contributed by atoms with Crippen LogP contribution in [0, 0.1) is 11.3 Å². The maximum atomic E-state index is 12.1. The number of nitriles is 1. The van der Waals surface area contributed by atoms with Crippen LogP contribution in [-0.2, 0) is 4.79 Å². The highest BCUT2D eigenvalue weighted by atomic mass is 32.2. The van der Waals surface area contributed by atoms with Gasteiger partial charge in [0.2, 0.25) is 5.91 Å². The van der Waals surface area contributed by atoms with Gasteiger partial charge in [-0.2, -0.15) is 5.26 Å². The number of nitrogens with zero attached hydrogens (tertiary/aromatic N) is 2. The number of rotatable bonds is 6. The number of carbonyl (C=O) groups is 1. The van der Waals surface area contributed by atoms with E-state index in [0.717, 1.165) is 25.9 Å². The van der Waals surface area contributed by atoms with Gasteiger partial charge in [0.1, 0.15) is 0 Å². The van der Waals surface area contributed by atoms with Crippen molar-refractivity contribution in [1.29, 1.82) is 5.26 Å². The summed E-state index contributed by atoms with van der Waals surface area (Å²) in [6.45, 7) is 6.69. The molecule has 0 saturated carbocycles. The lowest BCUT2D eigenvalue weighted by Gasteiger charge is -2.27. The van der Waals surface area contributed by atoms with Gasteiger partial charge in [0.25, 0.3) is 0 Å². The Kier molecular flexibility index (Phi) is 7.14. The van der Waals surface area contributed by atoms with Crippen molar-refractivity contribution in [3.05, 3.63) is 0 Å². The van der Waals surface area contributed by atoms with Gasteiger partial charge in [-0.25, -0.2) is 0 Å².